The van der Waals surface area contributed by atoms with Gasteiger partial charge in [-0.2, -0.15) is 5.10 Å². The third-order valence-corrected chi connectivity index (χ3v) is 2.57. The first-order valence-corrected chi connectivity index (χ1v) is 5.49. The van der Waals surface area contributed by atoms with E-state index in [9.17, 15) is 0 Å². The van der Waals surface area contributed by atoms with Crippen molar-refractivity contribution in [3.8, 4) is 0 Å². The number of hydrogen-bond donors (Lipinski definition) is 1. The molecule has 0 aliphatic rings. The molecule has 0 spiro atoms. The summed E-state index contributed by atoms with van der Waals surface area (Å²) in [5.41, 5.74) is 8.00. The van der Waals surface area contributed by atoms with Crippen LogP contribution in [-0.4, -0.2) is 19.3 Å². The molecule has 0 saturated heterocycles. The summed E-state index contributed by atoms with van der Waals surface area (Å²) in [4.78, 5) is 4.07. The zero-order valence-electron chi connectivity index (χ0n) is 9.72. The first-order chi connectivity index (χ1) is 7.70. The van der Waals surface area contributed by atoms with E-state index in [1.807, 2.05) is 22.4 Å². The van der Waals surface area contributed by atoms with Gasteiger partial charge in [0, 0.05) is 24.0 Å². The molecule has 0 saturated carbocycles. The number of aryl methyl sites for hydroxylation is 2. The number of aromatic nitrogens is 4. The molecule has 2 rings (SSSR count). The van der Waals surface area contributed by atoms with Crippen molar-refractivity contribution in [3.05, 3.63) is 29.8 Å². The van der Waals surface area contributed by atoms with Crippen LogP contribution in [0.3, 0.4) is 0 Å². The van der Waals surface area contributed by atoms with E-state index in [-0.39, 0.29) is 0 Å². The van der Waals surface area contributed by atoms with Crippen molar-refractivity contribution in [2.24, 2.45) is 0 Å². The Kier molecular flexibility index (Phi) is 2.94. The van der Waals surface area contributed by atoms with Crippen LogP contribution in [0.5, 0.6) is 0 Å². The summed E-state index contributed by atoms with van der Waals surface area (Å²) >= 11 is 0. The number of anilines is 1. The van der Waals surface area contributed by atoms with E-state index in [2.05, 4.69) is 23.2 Å². The fourth-order valence-corrected chi connectivity index (χ4v) is 1.71. The molecule has 0 atom stereocenters. The lowest BCUT2D eigenvalue weighted by atomic mass is 10.3. The van der Waals surface area contributed by atoms with Gasteiger partial charge in [-0.05, 0) is 13.3 Å². The van der Waals surface area contributed by atoms with Crippen LogP contribution < -0.4 is 5.73 Å². The Morgan fingerprint density at radius 2 is 2.19 bits per heavy atom. The number of imidazole rings is 1. The second-order valence-electron chi connectivity index (χ2n) is 3.96. The Labute approximate surface area is 94.9 Å². The lowest BCUT2D eigenvalue weighted by Gasteiger charge is -2.04. The van der Waals surface area contributed by atoms with Crippen molar-refractivity contribution in [3.63, 3.8) is 0 Å². The predicted molar refractivity (Wildman–Crippen MR) is 63.0 cm³/mol. The first-order valence-electron chi connectivity index (χ1n) is 5.49. The Bertz CT molecular complexity index is 449. The maximum Gasteiger partial charge on any atom is 0.200 e. The highest BCUT2D eigenvalue weighted by Gasteiger charge is 2.05. The molecule has 0 radical (unpaired) electrons. The molecule has 2 heterocycles. The Balaban J connectivity index is 2.14. The van der Waals surface area contributed by atoms with E-state index < -0.39 is 0 Å². The van der Waals surface area contributed by atoms with E-state index in [1.165, 1.54) is 0 Å². The van der Waals surface area contributed by atoms with Crippen molar-refractivity contribution in [1.29, 1.82) is 0 Å². The number of nitrogens with zero attached hydrogens (tertiary/aromatic N) is 4. The molecule has 2 aromatic heterocycles. The van der Waals surface area contributed by atoms with Gasteiger partial charge in [-0.3, -0.25) is 4.68 Å². The van der Waals surface area contributed by atoms with Crippen LogP contribution in [0.4, 0.5) is 5.95 Å². The number of nitrogens with two attached hydrogens (primary N) is 1. The second kappa shape index (κ2) is 4.38. The highest BCUT2D eigenvalue weighted by molar-refractivity contribution is 5.24. The molecule has 2 N–H and O–H groups in total. The molecular weight excluding hydrogens is 202 g/mol. The summed E-state index contributed by atoms with van der Waals surface area (Å²) in [6.45, 7) is 5.83. The number of hydrogen-bond acceptors (Lipinski definition) is 3. The standard InChI is InChI=1S/C11H17N5/c1-3-4-15-7-10(6-14-15)8-16-9(2)5-13-11(16)12/h5-7H,3-4,8H2,1-2H3,(H2,12,13). The topological polar surface area (TPSA) is 61.7 Å². The Morgan fingerprint density at radius 1 is 1.38 bits per heavy atom. The van der Waals surface area contributed by atoms with E-state index in [1.54, 1.807) is 6.20 Å². The van der Waals surface area contributed by atoms with Crippen molar-refractivity contribution < 1.29 is 0 Å². The molecule has 0 aliphatic heterocycles. The molecule has 5 heteroatoms. The van der Waals surface area contributed by atoms with Gasteiger partial charge in [0.05, 0.1) is 18.9 Å². The molecule has 2 aromatic rings. The van der Waals surface area contributed by atoms with Crippen LogP contribution in [0.1, 0.15) is 24.6 Å². The van der Waals surface area contributed by atoms with Gasteiger partial charge in [0.1, 0.15) is 0 Å². The Morgan fingerprint density at radius 3 is 2.81 bits per heavy atom. The molecule has 0 bridgehead atoms. The molecule has 5 nitrogen and oxygen atoms in total. The normalized spacial score (nSPS) is 10.9. The van der Waals surface area contributed by atoms with E-state index in [4.69, 9.17) is 5.73 Å². The summed E-state index contributed by atoms with van der Waals surface area (Å²) in [5, 5.41) is 4.29. The first kappa shape index (κ1) is 10.7. The van der Waals surface area contributed by atoms with Gasteiger partial charge in [0.2, 0.25) is 5.95 Å². The summed E-state index contributed by atoms with van der Waals surface area (Å²) in [6.07, 6.45) is 6.82. The molecule has 0 aromatic carbocycles. The summed E-state index contributed by atoms with van der Waals surface area (Å²) in [7, 11) is 0. The van der Waals surface area contributed by atoms with Crippen LogP contribution in [0.2, 0.25) is 0 Å². The largest absolute Gasteiger partial charge is 0.369 e. The molecule has 16 heavy (non-hydrogen) atoms. The van der Waals surface area contributed by atoms with Gasteiger partial charge >= 0.3 is 0 Å². The van der Waals surface area contributed by atoms with Crippen LogP contribution in [-0.2, 0) is 13.1 Å². The minimum Gasteiger partial charge on any atom is -0.369 e. The summed E-state index contributed by atoms with van der Waals surface area (Å²) in [5.74, 6) is 0.556. The predicted octanol–water partition coefficient (Wildman–Crippen LogP) is 1.43. The summed E-state index contributed by atoms with van der Waals surface area (Å²) in [6, 6.07) is 0. The van der Waals surface area contributed by atoms with Gasteiger partial charge < -0.3 is 10.3 Å². The van der Waals surface area contributed by atoms with E-state index in [0.717, 1.165) is 30.8 Å². The zero-order chi connectivity index (χ0) is 11.5. The van der Waals surface area contributed by atoms with Crippen LogP contribution in [0.25, 0.3) is 0 Å². The SMILES string of the molecule is CCCn1cc(Cn2c(C)cnc2N)cn1. The van der Waals surface area contributed by atoms with Gasteiger partial charge in [0.25, 0.3) is 0 Å². The minimum absolute atomic E-state index is 0.556. The smallest absolute Gasteiger partial charge is 0.200 e. The lowest BCUT2D eigenvalue weighted by molar-refractivity contribution is 0.602. The Hall–Kier alpha value is -1.78. The third-order valence-electron chi connectivity index (χ3n) is 2.57. The highest BCUT2D eigenvalue weighted by atomic mass is 15.3. The van der Waals surface area contributed by atoms with Crippen molar-refractivity contribution in [1.82, 2.24) is 19.3 Å². The van der Waals surface area contributed by atoms with E-state index in [0.29, 0.717) is 5.95 Å². The second-order valence-corrected chi connectivity index (χ2v) is 3.96. The van der Waals surface area contributed by atoms with Gasteiger partial charge in [-0.15, -0.1) is 0 Å². The maximum atomic E-state index is 5.78. The van der Waals surface area contributed by atoms with Crippen molar-refractivity contribution in [2.75, 3.05) is 5.73 Å². The average Bonchev–Trinajstić information content (AvgIpc) is 2.81. The maximum absolute atomic E-state index is 5.78. The fourth-order valence-electron chi connectivity index (χ4n) is 1.71. The van der Waals surface area contributed by atoms with Crippen LogP contribution >= 0.6 is 0 Å². The number of nitrogen functional groups attached to an aromatic ring is 1. The van der Waals surface area contributed by atoms with Crippen molar-refractivity contribution in [2.45, 2.75) is 33.4 Å². The quantitative estimate of drug-likeness (QED) is 0.846. The van der Waals surface area contributed by atoms with Gasteiger partial charge in [-0.1, -0.05) is 6.92 Å². The van der Waals surface area contributed by atoms with Crippen molar-refractivity contribution >= 4 is 5.95 Å². The zero-order valence-corrected chi connectivity index (χ0v) is 9.72. The molecule has 0 fully saturated rings. The fraction of sp³-hybridized carbons (Fsp3) is 0.455. The minimum atomic E-state index is 0.556. The van der Waals surface area contributed by atoms with Crippen LogP contribution in [0.15, 0.2) is 18.6 Å². The molecule has 0 aliphatic carbocycles. The van der Waals surface area contributed by atoms with Crippen LogP contribution in [0, 0.1) is 6.92 Å². The third kappa shape index (κ3) is 2.08. The molecular formula is C11H17N5. The average molecular weight is 219 g/mol. The monoisotopic (exact) mass is 219 g/mol. The van der Waals surface area contributed by atoms with Gasteiger partial charge in [0.15, 0.2) is 0 Å². The number of rotatable bonds is 4. The highest BCUT2D eigenvalue weighted by Crippen LogP contribution is 2.10. The molecule has 86 valence electrons. The molecule has 0 unspecified atom stereocenters. The molecule has 0 amide bonds. The van der Waals surface area contributed by atoms with E-state index >= 15 is 0 Å². The lowest BCUT2D eigenvalue weighted by Crippen LogP contribution is -2.05. The van der Waals surface area contributed by atoms with Gasteiger partial charge in [-0.25, -0.2) is 4.98 Å². The summed E-state index contributed by atoms with van der Waals surface area (Å²) < 4.78 is 3.94.